The van der Waals surface area contributed by atoms with Gasteiger partial charge in [0.1, 0.15) is 11.3 Å². The smallest absolute Gasteiger partial charge is 0.335 e. The highest BCUT2D eigenvalue weighted by molar-refractivity contribution is 6.39. The third-order valence-electron chi connectivity index (χ3n) is 4.84. The molecule has 1 saturated heterocycles. The lowest BCUT2D eigenvalue weighted by molar-refractivity contribution is -0.384. The molecular formula is C22H15N3O6. The topological polar surface area (TPSA) is 119 Å². The van der Waals surface area contributed by atoms with Gasteiger partial charge < -0.3 is 4.74 Å². The van der Waals surface area contributed by atoms with E-state index in [1.54, 1.807) is 6.07 Å². The molecule has 3 aromatic carbocycles. The number of methoxy groups -OCH3 is 1. The Balaban J connectivity index is 1.85. The molecule has 0 saturated carbocycles. The number of barbiturate groups is 1. The molecule has 0 aromatic heterocycles. The van der Waals surface area contributed by atoms with E-state index < -0.39 is 22.8 Å². The second-order valence-corrected chi connectivity index (χ2v) is 6.64. The first-order chi connectivity index (χ1) is 14.9. The number of hydrogen-bond acceptors (Lipinski definition) is 6. The molecule has 9 heteroatoms. The third kappa shape index (κ3) is 3.48. The van der Waals surface area contributed by atoms with Gasteiger partial charge in [0.15, 0.2) is 0 Å². The summed E-state index contributed by atoms with van der Waals surface area (Å²) in [6.07, 6.45) is 1.36. The molecule has 1 heterocycles. The second kappa shape index (κ2) is 7.71. The van der Waals surface area contributed by atoms with Crippen LogP contribution < -0.4 is 15.0 Å². The number of benzene rings is 3. The summed E-state index contributed by atoms with van der Waals surface area (Å²) >= 11 is 0. The summed E-state index contributed by atoms with van der Waals surface area (Å²) in [4.78, 5) is 49.2. The molecular weight excluding hydrogens is 402 g/mol. The first-order valence-electron chi connectivity index (χ1n) is 9.12. The first kappa shape index (κ1) is 19.8. The van der Waals surface area contributed by atoms with Crippen molar-refractivity contribution in [2.45, 2.75) is 0 Å². The normalized spacial score (nSPS) is 15.3. The fraction of sp³-hybridized carbons (Fsp3) is 0.0455. The van der Waals surface area contributed by atoms with Gasteiger partial charge in [-0.15, -0.1) is 0 Å². The van der Waals surface area contributed by atoms with Gasteiger partial charge in [0, 0.05) is 17.7 Å². The minimum atomic E-state index is -0.988. The number of ether oxygens (including phenoxy) is 1. The van der Waals surface area contributed by atoms with Crippen molar-refractivity contribution in [2.24, 2.45) is 0 Å². The molecule has 4 amide bonds. The quantitative estimate of drug-likeness (QED) is 0.301. The van der Waals surface area contributed by atoms with Crippen molar-refractivity contribution in [3.63, 3.8) is 0 Å². The Kier molecular flexibility index (Phi) is 4.92. The minimum Gasteiger partial charge on any atom is -0.496 e. The van der Waals surface area contributed by atoms with Crippen molar-refractivity contribution in [3.8, 4) is 5.75 Å². The number of imide groups is 2. The number of anilines is 1. The lowest BCUT2D eigenvalue weighted by Crippen LogP contribution is -2.54. The molecule has 0 unspecified atom stereocenters. The summed E-state index contributed by atoms with van der Waals surface area (Å²) < 4.78 is 5.40. The van der Waals surface area contributed by atoms with Crippen molar-refractivity contribution in [3.05, 3.63) is 81.9 Å². The molecule has 1 N–H and O–H groups in total. The van der Waals surface area contributed by atoms with E-state index >= 15 is 0 Å². The van der Waals surface area contributed by atoms with Crippen LogP contribution in [-0.4, -0.2) is 29.9 Å². The van der Waals surface area contributed by atoms with E-state index in [1.807, 2.05) is 30.3 Å². The summed E-state index contributed by atoms with van der Waals surface area (Å²) in [5, 5.41) is 14.8. The van der Waals surface area contributed by atoms with Crippen molar-refractivity contribution < 1.29 is 24.0 Å². The highest BCUT2D eigenvalue weighted by Crippen LogP contribution is 2.32. The maximum atomic E-state index is 13.1. The van der Waals surface area contributed by atoms with Crippen LogP contribution in [0, 0.1) is 10.1 Å². The maximum absolute atomic E-state index is 13.1. The summed E-state index contributed by atoms with van der Waals surface area (Å²) in [5.74, 6) is -1.33. The van der Waals surface area contributed by atoms with E-state index in [9.17, 15) is 24.5 Å². The van der Waals surface area contributed by atoms with Gasteiger partial charge in [-0.05, 0) is 29.0 Å². The van der Waals surface area contributed by atoms with Crippen molar-refractivity contribution in [1.29, 1.82) is 0 Å². The molecule has 1 aliphatic heterocycles. The van der Waals surface area contributed by atoms with Crippen LogP contribution in [0.15, 0.2) is 66.2 Å². The van der Waals surface area contributed by atoms with Crippen molar-refractivity contribution in [2.75, 3.05) is 12.0 Å². The summed E-state index contributed by atoms with van der Waals surface area (Å²) in [7, 11) is 1.47. The standard InChI is InChI=1S/C22H15N3O6/c1-31-19-10-9-13-5-2-3-8-16(13)17(19)12-18-20(26)23-22(28)24(21(18)27)14-6-4-7-15(11-14)25(29)30/h2-12H,1H3,(H,23,26,28)/b18-12+. The Bertz CT molecular complexity index is 1300. The number of urea groups is 1. The molecule has 0 atom stereocenters. The predicted molar refractivity (Wildman–Crippen MR) is 113 cm³/mol. The molecule has 4 rings (SSSR count). The molecule has 31 heavy (non-hydrogen) atoms. The van der Waals surface area contributed by atoms with E-state index in [0.717, 1.165) is 16.8 Å². The van der Waals surface area contributed by atoms with Crippen LogP contribution in [0.5, 0.6) is 5.75 Å². The average Bonchev–Trinajstić information content (AvgIpc) is 2.76. The van der Waals surface area contributed by atoms with Crippen molar-refractivity contribution in [1.82, 2.24) is 5.32 Å². The van der Waals surface area contributed by atoms with Crippen LogP contribution in [0.25, 0.3) is 16.8 Å². The highest BCUT2D eigenvalue weighted by atomic mass is 16.6. The Morgan fingerprint density at radius 2 is 1.81 bits per heavy atom. The zero-order chi connectivity index (χ0) is 22.1. The van der Waals surface area contributed by atoms with Gasteiger partial charge >= 0.3 is 6.03 Å². The van der Waals surface area contributed by atoms with Crippen LogP contribution in [0.1, 0.15) is 5.56 Å². The Morgan fingerprint density at radius 1 is 1.03 bits per heavy atom. The van der Waals surface area contributed by atoms with Gasteiger partial charge in [-0.25, -0.2) is 9.69 Å². The molecule has 9 nitrogen and oxygen atoms in total. The number of nitro groups is 1. The molecule has 154 valence electrons. The largest absolute Gasteiger partial charge is 0.496 e. The zero-order valence-electron chi connectivity index (χ0n) is 16.2. The number of carbonyl (C=O) groups is 3. The molecule has 1 fully saturated rings. The van der Waals surface area contributed by atoms with Gasteiger partial charge in [0.25, 0.3) is 17.5 Å². The van der Waals surface area contributed by atoms with Crippen LogP contribution in [0.4, 0.5) is 16.2 Å². The van der Waals surface area contributed by atoms with Crippen LogP contribution in [0.3, 0.4) is 0 Å². The van der Waals surface area contributed by atoms with E-state index in [4.69, 9.17) is 4.74 Å². The lowest BCUT2D eigenvalue weighted by atomic mass is 9.99. The monoisotopic (exact) mass is 417 g/mol. The van der Waals surface area contributed by atoms with Gasteiger partial charge in [0.2, 0.25) is 0 Å². The first-order valence-corrected chi connectivity index (χ1v) is 9.12. The summed E-state index contributed by atoms with van der Waals surface area (Å²) in [5.41, 5.74) is -0.135. The highest BCUT2D eigenvalue weighted by Gasteiger charge is 2.37. The number of rotatable bonds is 4. The lowest BCUT2D eigenvalue weighted by Gasteiger charge is -2.26. The van der Waals surface area contributed by atoms with Gasteiger partial charge in [-0.1, -0.05) is 36.4 Å². The average molecular weight is 417 g/mol. The fourth-order valence-corrected chi connectivity index (χ4v) is 3.38. The molecule has 0 radical (unpaired) electrons. The summed E-state index contributed by atoms with van der Waals surface area (Å²) in [6.45, 7) is 0. The summed E-state index contributed by atoms with van der Waals surface area (Å²) in [6, 6.07) is 15.0. The number of amides is 4. The number of nitro benzene ring substituents is 1. The van der Waals surface area contributed by atoms with Crippen molar-refractivity contribution >= 4 is 46.1 Å². The number of nitrogens with one attached hydrogen (secondary N) is 1. The molecule has 3 aromatic rings. The third-order valence-corrected chi connectivity index (χ3v) is 4.84. The van der Waals surface area contributed by atoms with E-state index in [-0.39, 0.29) is 16.9 Å². The Morgan fingerprint density at radius 3 is 2.55 bits per heavy atom. The van der Waals surface area contributed by atoms with E-state index in [1.165, 1.54) is 31.4 Å². The minimum absolute atomic E-state index is 0.0278. The zero-order valence-corrected chi connectivity index (χ0v) is 16.2. The number of hydrogen-bond donors (Lipinski definition) is 1. The number of fused-ring (bicyclic) bond motifs is 1. The van der Waals surface area contributed by atoms with Gasteiger partial charge in [-0.2, -0.15) is 0 Å². The van der Waals surface area contributed by atoms with Crippen LogP contribution in [-0.2, 0) is 9.59 Å². The van der Waals surface area contributed by atoms with E-state index in [2.05, 4.69) is 5.32 Å². The van der Waals surface area contributed by atoms with E-state index in [0.29, 0.717) is 16.2 Å². The van der Waals surface area contributed by atoms with Gasteiger partial charge in [0.05, 0.1) is 17.7 Å². The van der Waals surface area contributed by atoms with Crippen LogP contribution in [0.2, 0.25) is 0 Å². The predicted octanol–water partition coefficient (Wildman–Crippen LogP) is 3.42. The van der Waals surface area contributed by atoms with Gasteiger partial charge in [-0.3, -0.25) is 25.0 Å². The maximum Gasteiger partial charge on any atom is 0.335 e. The second-order valence-electron chi connectivity index (χ2n) is 6.64. The molecule has 0 aliphatic carbocycles. The SMILES string of the molecule is COc1ccc2ccccc2c1/C=C1\C(=O)NC(=O)N(c2cccc([N+](=O)[O-])c2)C1=O. The Labute approximate surface area is 175 Å². The fourth-order valence-electron chi connectivity index (χ4n) is 3.38. The Hall–Kier alpha value is -4.53. The molecule has 1 aliphatic rings. The molecule has 0 bridgehead atoms. The number of non-ortho nitro benzene ring substituents is 1. The van der Waals surface area contributed by atoms with Crippen LogP contribution >= 0.6 is 0 Å². The number of carbonyl (C=O) groups excluding carboxylic acids is 3. The molecule has 0 spiro atoms. The number of nitrogens with zero attached hydrogens (tertiary/aromatic N) is 2.